The quantitative estimate of drug-likeness (QED) is 0.768. The van der Waals surface area contributed by atoms with Crippen LogP contribution in [0.5, 0.6) is 0 Å². The van der Waals surface area contributed by atoms with Crippen molar-refractivity contribution >= 4 is 31.3 Å². The van der Waals surface area contributed by atoms with E-state index in [-0.39, 0.29) is 16.2 Å². The minimum atomic E-state index is -3.70. The fourth-order valence-corrected chi connectivity index (χ4v) is 3.87. The maximum atomic E-state index is 12.8. The molecule has 0 bridgehead atoms. The van der Waals surface area contributed by atoms with Gasteiger partial charge in [0.2, 0.25) is 5.91 Å². The highest BCUT2D eigenvalue weighted by molar-refractivity contribution is 7.91. The minimum Gasteiger partial charge on any atom is -0.326 e. The van der Waals surface area contributed by atoms with Gasteiger partial charge in [-0.1, -0.05) is 0 Å². The Morgan fingerprint density at radius 2 is 1.44 bits per heavy atom. The molecule has 0 atom stereocenters. The van der Waals surface area contributed by atoms with Gasteiger partial charge in [0.15, 0.2) is 19.7 Å². The fraction of sp³-hybridized carbons (Fsp3) is 0.188. The van der Waals surface area contributed by atoms with Crippen LogP contribution in [0, 0.1) is 5.82 Å². The van der Waals surface area contributed by atoms with Gasteiger partial charge in [0.1, 0.15) is 5.82 Å². The standard InChI is InChI=1S/C16H16FNO5S2/c1-24(20,21)14-8-4-13(5-9-14)18-16(19)10-11-25(22,23)15-6-2-12(17)3-7-15/h2-9H,10-11H2,1H3,(H,18,19). The van der Waals surface area contributed by atoms with Crippen LogP contribution in [0.3, 0.4) is 0 Å². The molecule has 0 radical (unpaired) electrons. The minimum absolute atomic E-state index is 0.0563. The lowest BCUT2D eigenvalue weighted by Crippen LogP contribution is -2.17. The number of benzene rings is 2. The molecule has 0 aliphatic heterocycles. The van der Waals surface area contributed by atoms with Gasteiger partial charge in [0.05, 0.1) is 15.5 Å². The third-order valence-electron chi connectivity index (χ3n) is 3.34. The van der Waals surface area contributed by atoms with Gasteiger partial charge in [0.25, 0.3) is 0 Å². The van der Waals surface area contributed by atoms with E-state index in [4.69, 9.17) is 0 Å². The lowest BCUT2D eigenvalue weighted by Gasteiger charge is -2.07. The van der Waals surface area contributed by atoms with Crippen molar-refractivity contribution in [2.45, 2.75) is 16.2 Å². The zero-order valence-corrected chi connectivity index (χ0v) is 14.9. The van der Waals surface area contributed by atoms with E-state index in [9.17, 15) is 26.0 Å². The van der Waals surface area contributed by atoms with Crippen LogP contribution >= 0.6 is 0 Å². The van der Waals surface area contributed by atoms with E-state index in [2.05, 4.69) is 5.32 Å². The SMILES string of the molecule is CS(=O)(=O)c1ccc(NC(=O)CCS(=O)(=O)c2ccc(F)cc2)cc1. The van der Waals surface area contributed by atoms with E-state index >= 15 is 0 Å². The molecule has 0 aliphatic carbocycles. The molecule has 0 unspecified atom stereocenters. The highest BCUT2D eigenvalue weighted by Gasteiger charge is 2.17. The summed E-state index contributed by atoms with van der Waals surface area (Å²) in [5.41, 5.74) is 0.358. The molecule has 2 rings (SSSR count). The van der Waals surface area contributed by atoms with Crippen molar-refractivity contribution in [3.63, 3.8) is 0 Å². The lowest BCUT2D eigenvalue weighted by atomic mass is 10.3. The second-order valence-corrected chi connectivity index (χ2v) is 9.49. The molecule has 9 heteroatoms. The number of anilines is 1. The molecule has 1 amide bonds. The molecule has 134 valence electrons. The van der Waals surface area contributed by atoms with Gasteiger partial charge in [-0.2, -0.15) is 0 Å². The lowest BCUT2D eigenvalue weighted by molar-refractivity contribution is -0.115. The Labute approximate surface area is 145 Å². The summed E-state index contributed by atoms with van der Waals surface area (Å²) < 4.78 is 59.7. The van der Waals surface area contributed by atoms with Gasteiger partial charge in [-0.05, 0) is 48.5 Å². The third kappa shape index (κ3) is 5.36. The number of hydrogen-bond donors (Lipinski definition) is 1. The van der Waals surface area contributed by atoms with Crippen LogP contribution < -0.4 is 5.32 Å². The van der Waals surface area contributed by atoms with Crippen molar-refractivity contribution in [3.8, 4) is 0 Å². The average Bonchev–Trinajstić information content (AvgIpc) is 2.53. The van der Waals surface area contributed by atoms with E-state index < -0.39 is 37.2 Å². The smallest absolute Gasteiger partial charge is 0.225 e. The van der Waals surface area contributed by atoms with E-state index in [1.165, 1.54) is 24.3 Å². The molecule has 2 aromatic rings. The predicted octanol–water partition coefficient (Wildman–Crippen LogP) is 2.03. The Balaban J connectivity index is 1.97. The molecular weight excluding hydrogens is 369 g/mol. The van der Waals surface area contributed by atoms with Crippen LogP contribution in [0.4, 0.5) is 10.1 Å². The van der Waals surface area contributed by atoms with E-state index in [1.54, 1.807) is 0 Å². The van der Waals surface area contributed by atoms with Gasteiger partial charge < -0.3 is 5.32 Å². The Bertz CT molecular complexity index is 966. The number of halogens is 1. The number of carbonyl (C=O) groups is 1. The molecule has 0 saturated carbocycles. The van der Waals surface area contributed by atoms with Crippen LogP contribution in [-0.4, -0.2) is 34.8 Å². The molecule has 0 heterocycles. The second kappa shape index (κ2) is 7.32. The summed E-state index contributed by atoms with van der Waals surface area (Å²) in [6.07, 6.45) is 0.786. The summed E-state index contributed by atoms with van der Waals surface area (Å²) in [4.78, 5) is 11.9. The highest BCUT2D eigenvalue weighted by Crippen LogP contribution is 2.15. The van der Waals surface area contributed by atoms with Crippen molar-refractivity contribution in [2.75, 3.05) is 17.3 Å². The van der Waals surface area contributed by atoms with Gasteiger partial charge in [-0.25, -0.2) is 21.2 Å². The number of sulfone groups is 2. The maximum absolute atomic E-state index is 12.8. The summed E-state index contributed by atoms with van der Waals surface area (Å²) in [6, 6.07) is 9.90. The topological polar surface area (TPSA) is 97.4 Å². The molecule has 25 heavy (non-hydrogen) atoms. The number of rotatable bonds is 6. The third-order valence-corrected chi connectivity index (χ3v) is 6.20. The molecule has 2 aromatic carbocycles. The number of nitrogens with one attached hydrogen (secondary N) is 1. The number of hydrogen-bond acceptors (Lipinski definition) is 5. The van der Waals surface area contributed by atoms with Crippen molar-refractivity contribution in [1.29, 1.82) is 0 Å². The number of amides is 1. The molecule has 0 spiro atoms. The van der Waals surface area contributed by atoms with Gasteiger partial charge in [0, 0.05) is 18.4 Å². The molecule has 0 aromatic heterocycles. The monoisotopic (exact) mass is 385 g/mol. The summed E-state index contributed by atoms with van der Waals surface area (Å²) in [7, 11) is -7.03. The second-order valence-electron chi connectivity index (χ2n) is 5.37. The zero-order chi connectivity index (χ0) is 18.7. The summed E-state index contributed by atoms with van der Waals surface area (Å²) in [5.74, 6) is -1.50. The molecule has 0 aliphatic rings. The first-order chi connectivity index (χ1) is 11.6. The van der Waals surface area contributed by atoms with Crippen LogP contribution in [-0.2, 0) is 24.5 Å². The fourth-order valence-electron chi connectivity index (χ4n) is 2.00. The Morgan fingerprint density at radius 1 is 0.920 bits per heavy atom. The molecule has 1 N–H and O–H groups in total. The average molecular weight is 385 g/mol. The first-order valence-corrected chi connectivity index (χ1v) is 10.7. The van der Waals surface area contributed by atoms with E-state index in [0.29, 0.717) is 5.69 Å². The first-order valence-electron chi connectivity index (χ1n) is 7.16. The van der Waals surface area contributed by atoms with Crippen LogP contribution in [0.15, 0.2) is 58.3 Å². The normalized spacial score (nSPS) is 11.9. The van der Waals surface area contributed by atoms with Gasteiger partial charge in [-0.15, -0.1) is 0 Å². The summed E-state index contributed by atoms with van der Waals surface area (Å²) >= 11 is 0. The van der Waals surface area contributed by atoms with Crippen molar-refractivity contribution in [1.82, 2.24) is 0 Å². The maximum Gasteiger partial charge on any atom is 0.225 e. The van der Waals surface area contributed by atoms with Crippen molar-refractivity contribution < 1.29 is 26.0 Å². The van der Waals surface area contributed by atoms with Gasteiger partial charge in [-0.3, -0.25) is 4.79 Å². The van der Waals surface area contributed by atoms with Crippen LogP contribution in [0.2, 0.25) is 0 Å². The molecular formula is C16H16FNO5S2. The highest BCUT2D eigenvalue weighted by atomic mass is 32.2. The first kappa shape index (κ1) is 19.1. The Kier molecular flexibility index (Phi) is 5.58. The van der Waals surface area contributed by atoms with Crippen molar-refractivity contribution in [3.05, 3.63) is 54.3 Å². The predicted molar refractivity (Wildman–Crippen MR) is 91.3 cm³/mol. The summed E-state index contributed by atoms with van der Waals surface area (Å²) in [5, 5.41) is 2.50. The molecule has 6 nitrogen and oxygen atoms in total. The van der Waals surface area contributed by atoms with Crippen LogP contribution in [0.25, 0.3) is 0 Å². The largest absolute Gasteiger partial charge is 0.326 e. The van der Waals surface area contributed by atoms with Crippen molar-refractivity contribution in [2.24, 2.45) is 0 Å². The summed E-state index contributed by atoms with van der Waals surface area (Å²) in [6.45, 7) is 0. The zero-order valence-electron chi connectivity index (χ0n) is 13.3. The Morgan fingerprint density at radius 3 is 1.96 bits per heavy atom. The molecule has 0 fully saturated rings. The Hall–Kier alpha value is -2.26. The molecule has 0 saturated heterocycles. The van der Waals surface area contributed by atoms with Gasteiger partial charge >= 0.3 is 0 Å². The van der Waals surface area contributed by atoms with Crippen LogP contribution in [0.1, 0.15) is 6.42 Å². The van der Waals surface area contributed by atoms with E-state index in [1.807, 2.05) is 0 Å². The van der Waals surface area contributed by atoms with E-state index in [0.717, 1.165) is 30.5 Å². The number of carbonyl (C=O) groups excluding carboxylic acids is 1.